The highest BCUT2D eigenvalue weighted by molar-refractivity contribution is 7.98. The van der Waals surface area contributed by atoms with E-state index in [-0.39, 0.29) is 10.1 Å². The minimum Gasteiger partial charge on any atom is -0.301 e. The van der Waals surface area contributed by atoms with E-state index in [1.165, 1.54) is 31.9 Å². The largest absolute Gasteiger partial charge is 0.301 e. The number of fused-ring (bicyclic) bond motifs is 3. The van der Waals surface area contributed by atoms with Crippen LogP contribution in [0.25, 0.3) is 11.3 Å². The number of rotatable bonds is 4. The third-order valence-corrected chi connectivity index (χ3v) is 10.8. The number of nitrogens with zero attached hydrogens (tertiary/aromatic N) is 2. The van der Waals surface area contributed by atoms with E-state index < -0.39 is 16.1 Å². The van der Waals surface area contributed by atoms with Crippen LogP contribution in [0.1, 0.15) is 24.1 Å². The van der Waals surface area contributed by atoms with Crippen molar-refractivity contribution >= 4 is 55.5 Å². The van der Waals surface area contributed by atoms with Crippen LogP contribution in [0.3, 0.4) is 0 Å². The van der Waals surface area contributed by atoms with E-state index in [4.69, 9.17) is 0 Å². The standard InChI is InChI=1S/C20H19N3O3S4/c24-19(14-7-3-4-10-23(14)30(25,26)17-9-5-11-27-17)22-20-21-18-13-6-1-2-8-15(13)28-12-16(18)29-20/h1-2,5-6,8-9,11,14H,3-4,7,10,12H2,(H,21,22,24). The Labute approximate surface area is 187 Å². The summed E-state index contributed by atoms with van der Waals surface area (Å²) in [5, 5.41) is 5.17. The van der Waals surface area contributed by atoms with Gasteiger partial charge in [0.25, 0.3) is 10.0 Å². The Bertz CT molecular complexity index is 1190. The number of thiophene rings is 1. The molecule has 1 amide bonds. The number of thioether (sulfide) groups is 1. The molecule has 10 heteroatoms. The van der Waals surface area contributed by atoms with Gasteiger partial charge in [0.05, 0.1) is 5.69 Å². The zero-order chi connectivity index (χ0) is 20.7. The first-order chi connectivity index (χ1) is 14.5. The number of hydrogen-bond acceptors (Lipinski definition) is 7. The average Bonchev–Trinajstić information content (AvgIpc) is 3.44. The predicted octanol–water partition coefficient (Wildman–Crippen LogP) is 4.66. The van der Waals surface area contributed by atoms with Crippen LogP contribution < -0.4 is 5.32 Å². The first-order valence-electron chi connectivity index (χ1n) is 9.62. The summed E-state index contributed by atoms with van der Waals surface area (Å²) in [5.74, 6) is 0.518. The molecule has 1 unspecified atom stereocenters. The molecule has 156 valence electrons. The maximum absolute atomic E-state index is 13.1. The van der Waals surface area contributed by atoms with Gasteiger partial charge >= 0.3 is 0 Å². The van der Waals surface area contributed by atoms with Crippen molar-refractivity contribution in [2.45, 2.75) is 40.2 Å². The van der Waals surface area contributed by atoms with Crippen molar-refractivity contribution in [1.29, 1.82) is 0 Å². The van der Waals surface area contributed by atoms with Crippen LogP contribution in [0.2, 0.25) is 0 Å². The topological polar surface area (TPSA) is 79.4 Å². The van der Waals surface area contributed by atoms with Crippen LogP contribution in [-0.2, 0) is 20.6 Å². The fourth-order valence-corrected chi connectivity index (χ4v) is 8.70. The average molecular weight is 478 g/mol. The van der Waals surface area contributed by atoms with Crippen molar-refractivity contribution in [3.8, 4) is 11.3 Å². The number of carbonyl (C=O) groups excluding carboxylic acids is 1. The van der Waals surface area contributed by atoms with E-state index in [0.29, 0.717) is 18.1 Å². The number of nitrogens with one attached hydrogen (secondary N) is 1. The van der Waals surface area contributed by atoms with Gasteiger partial charge in [0.1, 0.15) is 10.3 Å². The number of piperidine rings is 1. The van der Waals surface area contributed by atoms with E-state index in [9.17, 15) is 13.2 Å². The summed E-state index contributed by atoms with van der Waals surface area (Å²) in [4.78, 5) is 20.1. The Morgan fingerprint density at radius 2 is 2.03 bits per heavy atom. The molecule has 1 saturated heterocycles. The van der Waals surface area contributed by atoms with Gasteiger partial charge in [-0.05, 0) is 30.4 Å². The number of aromatic nitrogens is 1. The molecule has 0 bridgehead atoms. The normalized spacial score (nSPS) is 19.1. The van der Waals surface area contributed by atoms with Crippen LogP contribution in [0.5, 0.6) is 0 Å². The lowest BCUT2D eigenvalue weighted by molar-refractivity contribution is -0.120. The second kappa shape index (κ2) is 8.08. The third kappa shape index (κ3) is 3.60. The summed E-state index contributed by atoms with van der Waals surface area (Å²) in [5.41, 5.74) is 2.00. The van der Waals surface area contributed by atoms with Gasteiger partial charge in [-0.15, -0.1) is 34.4 Å². The second-order valence-electron chi connectivity index (χ2n) is 7.12. The van der Waals surface area contributed by atoms with Crippen LogP contribution in [0.4, 0.5) is 5.13 Å². The van der Waals surface area contributed by atoms with E-state index in [2.05, 4.69) is 16.4 Å². The van der Waals surface area contributed by atoms with Crippen LogP contribution in [0, 0.1) is 0 Å². The molecule has 30 heavy (non-hydrogen) atoms. The van der Waals surface area contributed by atoms with Crippen LogP contribution >= 0.6 is 34.4 Å². The number of sulfonamides is 1. The zero-order valence-electron chi connectivity index (χ0n) is 15.9. The monoisotopic (exact) mass is 477 g/mol. The molecule has 1 N–H and O–H groups in total. The Morgan fingerprint density at radius 3 is 2.87 bits per heavy atom. The maximum Gasteiger partial charge on any atom is 0.253 e. The van der Waals surface area contributed by atoms with Gasteiger partial charge in [0, 0.05) is 27.6 Å². The number of amides is 1. The smallest absolute Gasteiger partial charge is 0.253 e. The highest BCUT2D eigenvalue weighted by atomic mass is 32.2. The summed E-state index contributed by atoms with van der Waals surface area (Å²) < 4.78 is 27.7. The number of benzene rings is 1. The van der Waals surface area contributed by atoms with Crippen molar-refractivity contribution in [2.75, 3.05) is 11.9 Å². The van der Waals surface area contributed by atoms with E-state index in [1.54, 1.807) is 29.3 Å². The molecular formula is C20H19N3O3S4. The molecule has 6 nitrogen and oxygen atoms in total. The number of carbonyl (C=O) groups is 1. The molecule has 0 spiro atoms. The summed E-state index contributed by atoms with van der Waals surface area (Å²) in [6.45, 7) is 0.358. The van der Waals surface area contributed by atoms with Gasteiger partial charge in [0.2, 0.25) is 5.91 Å². The number of anilines is 1. The highest BCUT2D eigenvalue weighted by Crippen LogP contribution is 2.44. The first kappa shape index (κ1) is 20.2. The fraction of sp³-hybridized carbons (Fsp3) is 0.300. The highest BCUT2D eigenvalue weighted by Gasteiger charge is 2.38. The van der Waals surface area contributed by atoms with Gasteiger partial charge in [-0.25, -0.2) is 13.4 Å². The summed E-state index contributed by atoms with van der Waals surface area (Å²) in [7, 11) is -3.68. The van der Waals surface area contributed by atoms with Gasteiger partial charge in [-0.3, -0.25) is 4.79 Å². The van der Waals surface area contributed by atoms with E-state index in [1.807, 2.05) is 18.2 Å². The molecule has 0 aliphatic carbocycles. The van der Waals surface area contributed by atoms with Crippen molar-refractivity contribution in [2.24, 2.45) is 0 Å². The lowest BCUT2D eigenvalue weighted by Gasteiger charge is -2.32. The number of thiazole rings is 1. The molecule has 2 aliphatic rings. The summed E-state index contributed by atoms with van der Waals surface area (Å²) in [6.07, 6.45) is 2.10. The maximum atomic E-state index is 13.1. The Kier molecular flexibility index (Phi) is 5.44. The lowest BCUT2D eigenvalue weighted by Crippen LogP contribution is -2.49. The third-order valence-electron chi connectivity index (χ3n) is 5.24. The van der Waals surface area contributed by atoms with Gasteiger partial charge in [-0.2, -0.15) is 4.31 Å². The molecule has 0 radical (unpaired) electrons. The molecule has 5 rings (SSSR count). The molecule has 2 aliphatic heterocycles. The molecule has 2 aromatic heterocycles. The zero-order valence-corrected chi connectivity index (χ0v) is 19.2. The predicted molar refractivity (Wildman–Crippen MR) is 122 cm³/mol. The van der Waals surface area contributed by atoms with E-state index >= 15 is 0 Å². The minimum atomic E-state index is -3.68. The molecule has 4 heterocycles. The molecular weight excluding hydrogens is 459 g/mol. The quantitative estimate of drug-likeness (QED) is 0.591. The van der Waals surface area contributed by atoms with Crippen molar-refractivity contribution < 1.29 is 13.2 Å². The Morgan fingerprint density at radius 1 is 1.17 bits per heavy atom. The molecule has 1 fully saturated rings. The molecule has 1 aromatic carbocycles. The number of hydrogen-bond donors (Lipinski definition) is 1. The Balaban J connectivity index is 1.40. The van der Waals surface area contributed by atoms with Crippen LogP contribution in [-0.4, -0.2) is 36.2 Å². The van der Waals surface area contributed by atoms with Crippen LogP contribution in [0.15, 0.2) is 50.9 Å². The minimum absolute atomic E-state index is 0.278. The van der Waals surface area contributed by atoms with Crippen molar-refractivity contribution in [3.05, 3.63) is 46.7 Å². The molecule has 3 aromatic rings. The fourth-order valence-electron chi connectivity index (χ4n) is 3.81. The molecule has 1 atom stereocenters. The van der Waals surface area contributed by atoms with Crippen molar-refractivity contribution in [1.82, 2.24) is 9.29 Å². The second-order valence-corrected chi connectivity index (χ2v) is 12.3. The summed E-state index contributed by atoms with van der Waals surface area (Å²) >= 11 is 4.41. The Hall–Kier alpha value is -1.72. The lowest BCUT2D eigenvalue weighted by atomic mass is 10.0. The first-order valence-corrected chi connectivity index (χ1v) is 13.7. The summed E-state index contributed by atoms with van der Waals surface area (Å²) in [6, 6.07) is 10.7. The molecule has 0 saturated carbocycles. The van der Waals surface area contributed by atoms with Gasteiger partial charge in [-0.1, -0.05) is 30.7 Å². The van der Waals surface area contributed by atoms with Gasteiger partial charge in [0.15, 0.2) is 5.13 Å². The van der Waals surface area contributed by atoms with Gasteiger partial charge < -0.3 is 5.32 Å². The van der Waals surface area contributed by atoms with Crippen molar-refractivity contribution in [3.63, 3.8) is 0 Å². The van der Waals surface area contributed by atoms with E-state index in [0.717, 1.165) is 34.7 Å². The SMILES string of the molecule is O=C(Nc1nc2c(s1)CSc1ccccc1-2)C1CCCCN1S(=O)(=O)c1cccs1.